The van der Waals surface area contributed by atoms with Gasteiger partial charge in [-0.15, -0.1) is 10.2 Å². The number of nitrogens with zero attached hydrogens (tertiary/aromatic N) is 3. The molecular weight excluding hydrogens is 448 g/mol. The number of rotatable bonds is 7. The number of benzene rings is 2. The van der Waals surface area contributed by atoms with Crippen LogP contribution >= 0.6 is 11.8 Å². The van der Waals surface area contributed by atoms with E-state index in [2.05, 4.69) is 15.5 Å². The van der Waals surface area contributed by atoms with Gasteiger partial charge in [0.15, 0.2) is 20.8 Å². The molecule has 1 aliphatic rings. The lowest BCUT2D eigenvalue weighted by atomic mass is 10.2. The second-order valence-corrected chi connectivity index (χ2v) is 10.8. The molecule has 3 aromatic rings. The molecule has 1 aromatic heterocycles. The Labute approximate surface area is 191 Å². The SMILES string of the molecule is COc1ccc(-c2nnc(SCC(=O)NC3CCS(=O)(=O)C3)n2-c2ccc(C)cc2)cc1. The average Bonchev–Trinajstić information content (AvgIpc) is 3.35. The van der Waals surface area contributed by atoms with Crippen molar-refractivity contribution in [2.24, 2.45) is 0 Å². The number of ether oxygens (including phenoxy) is 1. The second-order valence-electron chi connectivity index (χ2n) is 7.66. The predicted octanol–water partition coefficient (Wildman–Crippen LogP) is 2.65. The van der Waals surface area contributed by atoms with Gasteiger partial charge in [0.2, 0.25) is 5.91 Å². The summed E-state index contributed by atoms with van der Waals surface area (Å²) in [5.41, 5.74) is 2.88. The number of hydrogen-bond donors (Lipinski definition) is 1. The van der Waals surface area contributed by atoms with Crippen molar-refractivity contribution in [3.8, 4) is 22.8 Å². The van der Waals surface area contributed by atoms with Crippen LogP contribution in [0.2, 0.25) is 0 Å². The number of aromatic nitrogens is 3. The molecule has 1 saturated heterocycles. The summed E-state index contributed by atoms with van der Waals surface area (Å²) in [5, 5.41) is 12.1. The molecule has 10 heteroatoms. The minimum absolute atomic E-state index is 0.00454. The summed E-state index contributed by atoms with van der Waals surface area (Å²) in [7, 11) is -1.43. The molecule has 1 fully saturated rings. The van der Waals surface area contributed by atoms with Crippen LogP contribution in [0.25, 0.3) is 17.1 Å². The molecule has 0 bridgehead atoms. The summed E-state index contributed by atoms with van der Waals surface area (Å²) in [6, 6.07) is 15.2. The number of aryl methyl sites for hydroxylation is 1. The second kappa shape index (κ2) is 9.33. The van der Waals surface area contributed by atoms with E-state index in [1.807, 2.05) is 60.0 Å². The van der Waals surface area contributed by atoms with Crippen LogP contribution in [0.3, 0.4) is 0 Å². The van der Waals surface area contributed by atoms with Gasteiger partial charge in [-0.25, -0.2) is 8.42 Å². The zero-order valence-electron chi connectivity index (χ0n) is 17.8. The van der Waals surface area contributed by atoms with E-state index in [0.717, 1.165) is 22.6 Å². The molecule has 8 nitrogen and oxygen atoms in total. The lowest BCUT2D eigenvalue weighted by Crippen LogP contribution is -2.36. The van der Waals surface area contributed by atoms with Crippen LogP contribution in [-0.2, 0) is 14.6 Å². The average molecular weight is 473 g/mol. The van der Waals surface area contributed by atoms with Gasteiger partial charge in [0, 0.05) is 17.3 Å². The zero-order chi connectivity index (χ0) is 22.7. The van der Waals surface area contributed by atoms with Crippen molar-refractivity contribution < 1.29 is 17.9 Å². The fourth-order valence-corrected chi connectivity index (χ4v) is 5.96. The van der Waals surface area contributed by atoms with Crippen LogP contribution in [0, 0.1) is 6.92 Å². The smallest absolute Gasteiger partial charge is 0.230 e. The van der Waals surface area contributed by atoms with Gasteiger partial charge in [-0.2, -0.15) is 0 Å². The fraction of sp³-hybridized carbons (Fsp3) is 0.318. The Morgan fingerprint density at radius 1 is 1.16 bits per heavy atom. The Hall–Kier alpha value is -2.85. The Balaban J connectivity index is 1.56. The Morgan fingerprint density at radius 3 is 2.50 bits per heavy atom. The van der Waals surface area contributed by atoms with Crippen LogP contribution in [0.15, 0.2) is 53.7 Å². The fourth-order valence-electron chi connectivity index (χ4n) is 3.53. The van der Waals surface area contributed by atoms with E-state index in [4.69, 9.17) is 4.74 Å². The highest BCUT2D eigenvalue weighted by molar-refractivity contribution is 7.99. The molecule has 1 aliphatic heterocycles. The zero-order valence-corrected chi connectivity index (χ0v) is 19.4. The van der Waals surface area contributed by atoms with Gasteiger partial charge < -0.3 is 10.1 Å². The van der Waals surface area contributed by atoms with Crippen molar-refractivity contribution in [2.75, 3.05) is 24.4 Å². The maximum Gasteiger partial charge on any atom is 0.230 e. The molecule has 1 N–H and O–H groups in total. The number of thioether (sulfide) groups is 1. The molecule has 2 aromatic carbocycles. The van der Waals surface area contributed by atoms with Crippen molar-refractivity contribution in [3.05, 3.63) is 54.1 Å². The molecule has 1 amide bonds. The maximum absolute atomic E-state index is 12.4. The minimum atomic E-state index is -3.04. The summed E-state index contributed by atoms with van der Waals surface area (Å²) in [6.07, 6.45) is 0.458. The predicted molar refractivity (Wildman–Crippen MR) is 124 cm³/mol. The summed E-state index contributed by atoms with van der Waals surface area (Å²) >= 11 is 1.26. The van der Waals surface area contributed by atoms with E-state index < -0.39 is 9.84 Å². The van der Waals surface area contributed by atoms with Gasteiger partial charge in [0.25, 0.3) is 0 Å². The van der Waals surface area contributed by atoms with Gasteiger partial charge in [-0.3, -0.25) is 9.36 Å². The van der Waals surface area contributed by atoms with Crippen molar-refractivity contribution in [2.45, 2.75) is 24.5 Å². The van der Waals surface area contributed by atoms with E-state index in [1.54, 1.807) is 7.11 Å². The third kappa shape index (κ3) is 5.13. The molecule has 0 radical (unpaired) electrons. The largest absolute Gasteiger partial charge is 0.497 e. The van der Waals surface area contributed by atoms with E-state index in [-0.39, 0.29) is 29.2 Å². The number of amides is 1. The van der Waals surface area contributed by atoms with E-state index >= 15 is 0 Å². The van der Waals surface area contributed by atoms with Crippen LogP contribution in [0.4, 0.5) is 0 Å². The van der Waals surface area contributed by atoms with Gasteiger partial charge in [0.1, 0.15) is 5.75 Å². The first-order valence-electron chi connectivity index (χ1n) is 10.1. The summed E-state index contributed by atoms with van der Waals surface area (Å²) in [6.45, 7) is 2.02. The maximum atomic E-state index is 12.4. The Morgan fingerprint density at radius 2 is 1.88 bits per heavy atom. The van der Waals surface area contributed by atoms with Crippen LogP contribution in [0.5, 0.6) is 5.75 Å². The highest BCUT2D eigenvalue weighted by Crippen LogP contribution is 2.29. The van der Waals surface area contributed by atoms with Crippen LogP contribution in [0.1, 0.15) is 12.0 Å². The van der Waals surface area contributed by atoms with Crippen molar-refractivity contribution in [1.29, 1.82) is 0 Å². The lowest BCUT2D eigenvalue weighted by Gasteiger charge is -2.12. The number of hydrogen-bond acceptors (Lipinski definition) is 7. The number of carbonyl (C=O) groups excluding carboxylic acids is 1. The number of sulfone groups is 1. The third-order valence-electron chi connectivity index (χ3n) is 5.20. The van der Waals surface area contributed by atoms with Crippen molar-refractivity contribution >= 4 is 27.5 Å². The van der Waals surface area contributed by atoms with E-state index in [0.29, 0.717) is 17.4 Å². The molecule has 2 heterocycles. The van der Waals surface area contributed by atoms with Gasteiger partial charge >= 0.3 is 0 Å². The minimum Gasteiger partial charge on any atom is -0.497 e. The first-order chi connectivity index (χ1) is 15.3. The molecule has 0 saturated carbocycles. The Bertz CT molecular complexity index is 1210. The van der Waals surface area contributed by atoms with E-state index in [1.165, 1.54) is 11.8 Å². The molecule has 1 atom stereocenters. The normalized spacial score (nSPS) is 17.2. The highest BCUT2D eigenvalue weighted by atomic mass is 32.2. The molecule has 0 aliphatic carbocycles. The standard InChI is InChI=1S/C22H24N4O4S2/c1-15-3-7-18(8-4-15)26-21(16-5-9-19(30-2)10-6-16)24-25-22(26)31-13-20(27)23-17-11-12-32(28,29)14-17/h3-10,17H,11-14H2,1-2H3,(H,23,27). The third-order valence-corrected chi connectivity index (χ3v) is 7.90. The first kappa shape index (κ1) is 22.3. The summed E-state index contributed by atoms with van der Waals surface area (Å²) in [4.78, 5) is 12.4. The van der Waals surface area contributed by atoms with Gasteiger partial charge in [-0.05, 0) is 49.7 Å². The summed E-state index contributed by atoms with van der Waals surface area (Å²) in [5.74, 6) is 1.42. The van der Waals surface area contributed by atoms with Crippen molar-refractivity contribution in [1.82, 2.24) is 20.1 Å². The monoisotopic (exact) mass is 472 g/mol. The summed E-state index contributed by atoms with van der Waals surface area (Å²) < 4.78 is 30.4. The number of nitrogens with one attached hydrogen (secondary N) is 1. The topological polar surface area (TPSA) is 103 Å². The molecule has 1 unspecified atom stereocenters. The van der Waals surface area contributed by atoms with E-state index in [9.17, 15) is 13.2 Å². The molecule has 32 heavy (non-hydrogen) atoms. The van der Waals surface area contributed by atoms with Gasteiger partial charge in [0.05, 0.1) is 24.4 Å². The highest BCUT2D eigenvalue weighted by Gasteiger charge is 2.29. The molecular formula is C22H24N4O4S2. The molecule has 0 spiro atoms. The van der Waals surface area contributed by atoms with Crippen molar-refractivity contribution in [3.63, 3.8) is 0 Å². The van der Waals surface area contributed by atoms with Crippen LogP contribution in [-0.4, -0.2) is 59.5 Å². The first-order valence-corrected chi connectivity index (χ1v) is 12.9. The molecule has 168 valence electrons. The van der Waals surface area contributed by atoms with Gasteiger partial charge in [-0.1, -0.05) is 29.5 Å². The van der Waals surface area contributed by atoms with Crippen LogP contribution < -0.4 is 10.1 Å². The quantitative estimate of drug-likeness (QED) is 0.527. The molecule has 4 rings (SSSR count). The lowest BCUT2D eigenvalue weighted by molar-refractivity contribution is -0.119. The Kier molecular flexibility index (Phi) is 6.52. The number of methoxy groups -OCH3 is 1. The number of carbonyl (C=O) groups is 1.